The van der Waals surface area contributed by atoms with Crippen molar-refractivity contribution in [1.29, 1.82) is 0 Å². The summed E-state index contributed by atoms with van der Waals surface area (Å²) in [5.41, 5.74) is 0.719. The lowest BCUT2D eigenvalue weighted by atomic mass is 9.74. The number of carbonyl (C=O) groups excluding carboxylic acids is 2. The van der Waals surface area contributed by atoms with Crippen LogP contribution in [-0.2, 0) is 9.53 Å². The van der Waals surface area contributed by atoms with E-state index >= 15 is 0 Å². The average Bonchev–Trinajstić information content (AvgIpc) is 3.34. The second kappa shape index (κ2) is 10.7. The van der Waals surface area contributed by atoms with Gasteiger partial charge in [-0.1, -0.05) is 30.3 Å². The molecule has 41 heavy (non-hydrogen) atoms. The highest BCUT2D eigenvalue weighted by Crippen LogP contribution is 2.47. The van der Waals surface area contributed by atoms with Gasteiger partial charge in [0.05, 0.1) is 11.0 Å². The second-order valence-corrected chi connectivity index (χ2v) is 14.6. The summed E-state index contributed by atoms with van der Waals surface area (Å²) in [5, 5.41) is 10.7. The molecule has 1 aromatic heterocycles. The Morgan fingerprint density at radius 2 is 1.76 bits per heavy atom. The van der Waals surface area contributed by atoms with Gasteiger partial charge < -0.3 is 14.7 Å². The molecule has 3 aliphatic rings. The highest BCUT2D eigenvalue weighted by Gasteiger charge is 2.54. The molecule has 1 N–H and O–H groups in total. The van der Waals surface area contributed by atoms with Crippen LogP contribution < -0.4 is 4.90 Å². The molecule has 2 amide bonds. The van der Waals surface area contributed by atoms with Gasteiger partial charge in [-0.3, -0.25) is 19.4 Å². The predicted octanol–water partition coefficient (Wildman–Crippen LogP) is 6.42. The Kier molecular flexibility index (Phi) is 7.74. The van der Waals surface area contributed by atoms with Crippen LogP contribution in [0.5, 0.6) is 0 Å². The maximum atomic E-state index is 14.2. The van der Waals surface area contributed by atoms with Crippen molar-refractivity contribution in [3.63, 3.8) is 0 Å². The summed E-state index contributed by atoms with van der Waals surface area (Å²) in [5.74, 6) is -0.169. The van der Waals surface area contributed by atoms with E-state index in [-0.39, 0.29) is 11.9 Å². The Labute approximate surface area is 247 Å². The zero-order valence-corrected chi connectivity index (χ0v) is 26.0. The lowest BCUT2D eigenvalue weighted by Crippen LogP contribution is -2.53. The molecule has 1 unspecified atom stereocenters. The van der Waals surface area contributed by atoms with E-state index in [4.69, 9.17) is 4.74 Å². The first-order chi connectivity index (χ1) is 19.2. The molecule has 8 nitrogen and oxygen atoms in total. The number of rotatable bonds is 4. The van der Waals surface area contributed by atoms with Gasteiger partial charge in [0.25, 0.3) is 5.91 Å². The molecule has 222 valence electrons. The van der Waals surface area contributed by atoms with E-state index in [0.717, 1.165) is 61.2 Å². The molecule has 0 bridgehead atoms. The van der Waals surface area contributed by atoms with Crippen LogP contribution in [0.4, 0.5) is 9.80 Å². The van der Waals surface area contributed by atoms with Crippen LogP contribution in [0.1, 0.15) is 82.6 Å². The molecule has 3 saturated heterocycles. The molecule has 3 aliphatic heterocycles. The van der Waals surface area contributed by atoms with E-state index < -0.39 is 22.6 Å². The standard InChI is InChI=1S/C32H43N3O5S/c1-21-24(27(35(29(38)39)30(2,3)4)41-25(21)22-11-8-7-9-12-22)26(36)33-17-13-23(14-18-33)34-16-10-15-32(20-34)19-31(5,6)40-28(32)37/h7-9,11-12,23H,10,13-20H2,1-6H3,(H,38,39). The van der Waals surface area contributed by atoms with Gasteiger partial charge in [-0.2, -0.15) is 0 Å². The van der Waals surface area contributed by atoms with Crippen LogP contribution >= 0.6 is 11.3 Å². The monoisotopic (exact) mass is 581 g/mol. The summed E-state index contributed by atoms with van der Waals surface area (Å²) in [7, 11) is 0. The summed E-state index contributed by atoms with van der Waals surface area (Å²) >= 11 is 1.37. The van der Waals surface area contributed by atoms with Gasteiger partial charge in [0.15, 0.2) is 0 Å². The third-order valence-electron chi connectivity index (χ3n) is 8.88. The molecule has 3 fully saturated rings. The molecule has 1 spiro atoms. The van der Waals surface area contributed by atoms with E-state index in [1.165, 1.54) is 16.2 Å². The van der Waals surface area contributed by atoms with Gasteiger partial charge >= 0.3 is 12.1 Å². The number of nitrogens with zero attached hydrogens (tertiary/aromatic N) is 3. The van der Waals surface area contributed by atoms with Crippen LogP contribution in [0.3, 0.4) is 0 Å². The van der Waals surface area contributed by atoms with Crippen molar-refractivity contribution in [3.8, 4) is 10.4 Å². The van der Waals surface area contributed by atoms with Gasteiger partial charge in [-0.15, -0.1) is 11.3 Å². The molecule has 0 aliphatic carbocycles. The minimum atomic E-state index is -1.07. The number of likely N-dealkylation sites (tertiary alicyclic amines) is 2. The number of amides is 2. The zero-order valence-electron chi connectivity index (χ0n) is 25.2. The summed E-state index contributed by atoms with van der Waals surface area (Å²) in [6.45, 7) is 14.4. The van der Waals surface area contributed by atoms with Crippen LogP contribution in [-0.4, -0.2) is 76.2 Å². The number of benzene rings is 1. The number of carbonyl (C=O) groups is 3. The second-order valence-electron chi connectivity index (χ2n) is 13.6. The Hall–Kier alpha value is -2.91. The van der Waals surface area contributed by atoms with Crippen LogP contribution in [0, 0.1) is 12.3 Å². The van der Waals surface area contributed by atoms with Crippen molar-refractivity contribution in [3.05, 3.63) is 41.5 Å². The van der Waals surface area contributed by atoms with Crippen molar-refractivity contribution in [2.24, 2.45) is 5.41 Å². The van der Waals surface area contributed by atoms with Crippen LogP contribution in [0.2, 0.25) is 0 Å². The first kappa shape index (κ1) is 29.6. The van der Waals surface area contributed by atoms with Gasteiger partial charge in [-0.25, -0.2) is 4.79 Å². The maximum Gasteiger partial charge on any atom is 0.412 e. The third-order valence-corrected chi connectivity index (χ3v) is 10.2. The highest BCUT2D eigenvalue weighted by molar-refractivity contribution is 7.20. The van der Waals surface area contributed by atoms with E-state index in [1.54, 1.807) is 0 Å². The zero-order chi connectivity index (χ0) is 29.7. The fourth-order valence-corrected chi connectivity index (χ4v) is 8.60. The Balaban J connectivity index is 1.38. The number of cyclic esters (lactones) is 1. The van der Waals surface area contributed by atoms with Gasteiger partial charge in [0, 0.05) is 42.5 Å². The quantitative estimate of drug-likeness (QED) is 0.419. The fraction of sp³-hybridized carbons (Fsp3) is 0.594. The number of hydrogen-bond acceptors (Lipinski definition) is 6. The van der Waals surface area contributed by atoms with Crippen molar-refractivity contribution in [2.75, 3.05) is 31.1 Å². The topological polar surface area (TPSA) is 90.4 Å². The van der Waals surface area contributed by atoms with Gasteiger partial charge in [-0.05, 0) is 84.9 Å². The van der Waals surface area contributed by atoms with Gasteiger partial charge in [0.1, 0.15) is 10.6 Å². The average molecular weight is 582 g/mol. The first-order valence-electron chi connectivity index (χ1n) is 14.7. The largest absolute Gasteiger partial charge is 0.465 e. The van der Waals surface area contributed by atoms with E-state index in [1.807, 2.05) is 76.8 Å². The minimum absolute atomic E-state index is 0.0590. The van der Waals surface area contributed by atoms with Crippen molar-refractivity contribution in [2.45, 2.75) is 90.8 Å². The third kappa shape index (κ3) is 5.63. The number of ether oxygens (including phenoxy) is 1. The molecule has 4 heterocycles. The number of esters is 1. The molecule has 2 aromatic rings. The summed E-state index contributed by atoms with van der Waals surface area (Å²) in [6, 6.07) is 10.2. The Morgan fingerprint density at radius 1 is 1.10 bits per heavy atom. The Bertz CT molecular complexity index is 1320. The predicted molar refractivity (Wildman–Crippen MR) is 162 cm³/mol. The number of thiophene rings is 1. The molecule has 1 atom stereocenters. The summed E-state index contributed by atoms with van der Waals surface area (Å²) in [4.78, 5) is 46.2. The number of anilines is 1. The molecule has 1 aromatic carbocycles. The van der Waals surface area contributed by atoms with Crippen molar-refractivity contribution >= 4 is 34.3 Å². The Morgan fingerprint density at radius 3 is 2.32 bits per heavy atom. The van der Waals surface area contributed by atoms with E-state index in [2.05, 4.69) is 4.90 Å². The first-order valence-corrected chi connectivity index (χ1v) is 15.5. The lowest BCUT2D eigenvalue weighted by Gasteiger charge is -2.45. The number of piperidine rings is 2. The van der Waals surface area contributed by atoms with Crippen LogP contribution in [0.25, 0.3) is 10.4 Å². The lowest BCUT2D eigenvalue weighted by molar-refractivity contribution is -0.154. The normalized spacial score (nSPS) is 23.6. The summed E-state index contributed by atoms with van der Waals surface area (Å²) in [6.07, 6.45) is 3.19. The van der Waals surface area contributed by atoms with Crippen molar-refractivity contribution in [1.82, 2.24) is 9.80 Å². The number of carboxylic acid groups (broad SMARTS) is 1. The summed E-state index contributed by atoms with van der Waals surface area (Å²) < 4.78 is 5.73. The molecular weight excluding hydrogens is 538 g/mol. The molecule has 0 radical (unpaired) electrons. The molecule has 5 rings (SSSR count). The van der Waals surface area contributed by atoms with Gasteiger partial charge in [0.2, 0.25) is 0 Å². The smallest absolute Gasteiger partial charge is 0.412 e. The molecule has 0 saturated carbocycles. The van der Waals surface area contributed by atoms with E-state index in [0.29, 0.717) is 29.7 Å². The van der Waals surface area contributed by atoms with Crippen molar-refractivity contribution < 1.29 is 24.2 Å². The fourth-order valence-electron chi connectivity index (χ4n) is 7.12. The molecule has 9 heteroatoms. The minimum Gasteiger partial charge on any atom is -0.465 e. The van der Waals surface area contributed by atoms with E-state index in [9.17, 15) is 19.5 Å². The van der Waals surface area contributed by atoms with Crippen LogP contribution in [0.15, 0.2) is 30.3 Å². The SMILES string of the molecule is Cc1c(-c2ccccc2)sc(N(C(=O)O)C(C)(C)C)c1C(=O)N1CCC(N2CCCC3(C2)CC(C)(C)OC3=O)CC1. The maximum absolute atomic E-state index is 14.2. The molecular formula is C32H43N3O5S. The number of hydrogen-bond donors (Lipinski definition) is 1. The highest BCUT2D eigenvalue weighted by atomic mass is 32.1.